The maximum Gasteiger partial charge on any atom is 0.184 e. The molecule has 0 atom stereocenters. The molecule has 5 heteroatoms. The normalized spacial score (nSPS) is 10.7. The molecular formula is C18H18N2O2S. The van der Waals surface area contributed by atoms with E-state index < -0.39 is 0 Å². The number of benzene rings is 2. The number of fused-ring (bicyclic) bond motifs is 1. The number of ketones is 1. The van der Waals surface area contributed by atoms with Crippen LogP contribution < -0.4 is 10.1 Å². The van der Waals surface area contributed by atoms with E-state index in [1.165, 1.54) is 11.3 Å². The molecule has 118 valence electrons. The zero-order chi connectivity index (χ0) is 16.4. The lowest BCUT2D eigenvalue weighted by Crippen LogP contribution is -2.15. The van der Waals surface area contributed by atoms with E-state index in [1.807, 2.05) is 50.2 Å². The fourth-order valence-electron chi connectivity index (χ4n) is 2.45. The Bertz CT molecular complexity index is 871. The number of hydrogen-bond acceptors (Lipinski definition) is 5. The van der Waals surface area contributed by atoms with Gasteiger partial charge in [0.05, 0.1) is 18.4 Å². The van der Waals surface area contributed by atoms with E-state index in [-0.39, 0.29) is 12.3 Å². The predicted octanol–water partition coefficient (Wildman–Crippen LogP) is 4.22. The lowest BCUT2D eigenvalue weighted by Gasteiger charge is -2.06. The Balaban J connectivity index is 1.78. The van der Waals surface area contributed by atoms with Crippen molar-refractivity contribution in [1.82, 2.24) is 4.98 Å². The monoisotopic (exact) mass is 326 g/mol. The second-order valence-electron chi connectivity index (χ2n) is 5.42. The van der Waals surface area contributed by atoms with Gasteiger partial charge in [-0.1, -0.05) is 35.1 Å². The van der Waals surface area contributed by atoms with E-state index in [1.54, 1.807) is 7.11 Å². The van der Waals surface area contributed by atoms with Crippen LogP contribution in [0.1, 0.15) is 21.5 Å². The smallest absolute Gasteiger partial charge is 0.184 e. The highest BCUT2D eigenvalue weighted by atomic mass is 32.1. The van der Waals surface area contributed by atoms with Crippen LogP contribution in [0.2, 0.25) is 0 Å². The van der Waals surface area contributed by atoms with Crippen LogP contribution in [-0.2, 0) is 0 Å². The number of ether oxygens (including phenoxy) is 1. The highest BCUT2D eigenvalue weighted by Gasteiger charge is 2.12. The third-order valence-electron chi connectivity index (χ3n) is 3.70. The van der Waals surface area contributed by atoms with Crippen LogP contribution in [0.3, 0.4) is 0 Å². The molecule has 0 amide bonds. The average Bonchev–Trinajstić information content (AvgIpc) is 2.97. The summed E-state index contributed by atoms with van der Waals surface area (Å²) in [6.45, 7) is 4.17. The Morgan fingerprint density at radius 1 is 1.26 bits per heavy atom. The van der Waals surface area contributed by atoms with Crippen molar-refractivity contribution < 1.29 is 9.53 Å². The third kappa shape index (κ3) is 3.19. The molecule has 1 N–H and O–H groups in total. The molecule has 0 spiro atoms. The molecule has 23 heavy (non-hydrogen) atoms. The quantitative estimate of drug-likeness (QED) is 0.713. The third-order valence-corrected chi connectivity index (χ3v) is 4.67. The lowest BCUT2D eigenvalue weighted by molar-refractivity contribution is 0.101. The summed E-state index contributed by atoms with van der Waals surface area (Å²) < 4.78 is 6.35. The van der Waals surface area contributed by atoms with Crippen molar-refractivity contribution in [1.29, 1.82) is 0 Å². The Hall–Kier alpha value is -2.40. The number of carbonyl (C=O) groups excluding carboxylic acids is 1. The number of rotatable bonds is 5. The summed E-state index contributed by atoms with van der Waals surface area (Å²) in [6.07, 6.45) is 0. The van der Waals surface area contributed by atoms with Gasteiger partial charge in [0.15, 0.2) is 10.9 Å². The Morgan fingerprint density at radius 2 is 2.09 bits per heavy atom. The zero-order valence-corrected chi connectivity index (χ0v) is 14.2. The maximum absolute atomic E-state index is 12.4. The van der Waals surface area contributed by atoms with Crippen molar-refractivity contribution in [3.05, 3.63) is 53.1 Å². The highest BCUT2D eigenvalue weighted by molar-refractivity contribution is 7.22. The molecule has 0 bridgehead atoms. The van der Waals surface area contributed by atoms with Crippen LogP contribution in [-0.4, -0.2) is 24.4 Å². The summed E-state index contributed by atoms with van der Waals surface area (Å²) in [5.74, 6) is 0.810. The second-order valence-corrected chi connectivity index (χ2v) is 6.45. The molecule has 1 heterocycles. The van der Waals surface area contributed by atoms with Crippen molar-refractivity contribution in [3.8, 4) is 5.75 Å². The van der Waals surface area contributed by atoms with Crippen molar-refractivity contribution in [2.24, 2.45) is 0 Å². The topological polar surface area (TPSA) is 51.2 Å². The first-order chi connectivity index (χ1) is 11.1. The van der Waals surface area contributed by atoms with Gasteiger partial charge in [0.25, 0.3) is 0 Å². The summed E-state index contributed by atoms with van der Waals surface area (Å²) in [5, 5.41) is 3.86. The van der Waals surface area contributed by atoms with Crippen LogP contribution in [0.25, 0.3) is 10.2 Å². The first-order valence-corrected chi connectivity index (χ1v) is 8.18. The number of anilines is 1. The van der Waals surface area contributed by atoms with Crippen LogP contribution >= 0.6 is 11.3 Å². The standard InChI is InChI=1S/C18H18N2O2S/c1-11-7-8-12(2)13(9-11)14(21)10-19-18-20-17-15(22-3)5-4-6-16(17)23-18/h4-9H,10H2,1-3H3,(H,19,20). The number of carbonyl (C=O) groups is 1. The number of aromatic nitrogens is 1. The molecule has 0 aliphatic heterocycles. The van der Waals surface area contributed by atoms with Crippen molar-refractivity contribution in [2.75, 3.05) is 19.0 Å². The summed E-state index contributed by atoms with van der Waals surface area (Å²) in [7, 11) is 1.63. The van der Waals surface area contributed by atoms with Gasteiger partial charge in [0, 0.05) is 5.56 Å². The molecular weight excluding hydrogens is 308 g/mol. The molecule has 3 rings (SSSR count). The van der Waals surface area contributed by atoms with E-state index in [0.29, 0.717) is 0 Å². The number of thiazole rings is 1. The van der Waals surface area contributed by atoms with Gasteiger partial charge in [-0.2, -0.15) is 0 Å². The number of methoxy groups -OCH3 is 1. The van der Waals surface area contributed by atoms with E-state index in [2.05, 4.69) is 10.3 Å². The molecule has 0 fully saturated rings. The first kappa shape index (κ1) is 15.5. The maximum atomic E-state index is 12.4. The molecule has 0 aliphatic carbocycles. The van der Waals surface area contributed by atoms with Crippen LogP contribution in [0.15, 0.2) is 36.4 Å². The second kappa shape index (κ2) is 6.38. The highest BCUT2D eigenvalue weighted by Crippen LogP contribution is 2.32. The van der Waals surface area contributed by atoms with Gasteiger partial charge < -0.3 is 10.1 Å². The number of Topliss-reactive ketones (excluding diaryl/α,β-unsaturated/α-hetero) is 1. The molecule has 2 aromatic carbocycles. The molecule has 0 unspecified atom stereocenters. The van der Waals surface area contributed by atoms with Crippen molar-refractivity contribution in [2.45, 2.75) is 13.8 Å². The number of nitrogens with one attached hydrogen (secondary N) is 1. The molecule has 0 saturated heterocycles. The fourth-order valence-corrected chi connectivity index (χ4v) is 3.33. The minimum atomic E-state index is 0.0671. The minimum Gasteiger partial charge on any atom is -0.494 e. The summed E-state index contributed by atoms with van der Waals surface area (Å²) in [4.78, 5) is 16.9. The van der Waals surface area contributed by atoms with Gasteiger partial charge in [-0.15, -0.1) is 0 Å². The number of aryl methyl sites for hydroxylation is 2. The van der Waals surface area contributed by atoms with Crippen LogP contribution in [0, 0.1) is 13.8 Å². The molecule has 0 saturated carbocycles. The Kier molecular flexibility index (Phi) is 4.30. The largest absolute Gasteiger partial charge is 0.494 e. The molecule has 0 aliphatic rings. The van der Waals surface area contributed by atoms with Crippen molar-refractivity contribution >= 4 is 32.5 Å². The SMILES string of the molecule is COc1cccc2sc(NCC(=O)c3cc(C)ccc3C)nc12. The Labute approximate surface area is 139 Å². The summed E-state index contributed by atoms with van der Waals surface area (Å²) >= 11 is 1.52. The van der Waals surface area contributed by atoms with Gasteiger partial charge in [-0.25, -0.2) is 4.98 Å². The molecule has 4 nitrogen and oxygen atoms in total. The van der Waals surface area contributed by atoms with E-state index in [4.69, 9.17) is 4.74 Å². The van der Waals surface area contributed by atoms with Crippen molar-refractivity contribution in [3.63, 3.8) is 0 Å². The van der Waals surface area contributed by atoms with E-state index in [0.717, 1.165) is 37.8 Å². The van der Waals surface area contributed by atoms with Gasteiger partial charge in [0.2, 0.25) is 0 Å². The number of para-hydroxylation sites is 1. The lowest BCUT2D eigenvalue weighted by atomic mass is 10.0. The average molecular weight is 326 g/mol. The zero-order valence-electron chi connectivity index (χ0n) is 13.3. The fraction of sp³-hybridized carbons (Fsp3) is 0.222. The summed E-state index contributed by atoms with van der Waals surface area (Å²) in [6, 6.07) is 11.7. The van der Waals surface area contributed by atoms with Crippen LogP contribution in [0.4, 0.5) is 5.13 Å². The molecule has 0 radical (unpaired) electrons. The molecule has 1 aromatic heterocycles. The van der Waals surface area contributed by atoms with E-state index >= 15 is 0 Å². The molecule has 3 aromatic rings. The number of hydrogen-bond donors (Lipinski definition) is 1. The van der Waals surface area contributed by atoms with Gasteiger partial charge in [0.1, 0.15) is 11.3 Å². The predicted molar refractivity (Wildman–Crippen MR) is 94.9 cm³/mol. The van der Waals surface area contributed by atoms with Gasteiger partial charge in [-0.3, -0.25) is 4.79 Å². The van der Waals surface area contributed by atoms with Crippen LogP contribution in [0.5, 0.6) is 5.75 Å². The van der Waals surface area contributed by atoms with E-state index in [9.17, 15) is 4.79 Å². The summed E-state index contributed by atoms with van der Waals surface area (Å²) in [5.41, 5.74) is 3.66. The van der Waals surface area contributed by atoms with Gasteiger partial charge >= 0.3 is 0 Å². The minimum absolute atomic E-state index is 0.0671. The Morgan fingerprint density at radius 3 is 2.87 bits per heavy atom. The van der Waals surface area contributed by atoms with Gasteiger partial charge in [-0.05, 0) is 37.6 Å². The number of nitrogens with zero attached hydrogens (tertiary/aromatic N) is 1. The first-order valence-electron chi connectivity index (χ1n) is 7.36.